The number of rotatable bonds is 5. The van der Waals surface area contributed by atoms with Gasteiger partial charge in [0.05, 0.1) is 12.4 Å². The van der Waals surface area contributed by atoms with Crippen LogP contribution in [0.15, 0.2) is 55.1 Å². The number of fused-ring (bicyclic) bond motifs is 1. The number of aromatic nitrogens is 2. The number of nitrogens with one attached hydrogen (secondary N) is 1. The number of imidazole rings is 1. The molecule has 1 aromatic heterocycles. The third-order valence-corrected chi connectivity index (χ3v) is 5.52. The van der Waals surface area contributed by atoms with Crippen LogP contribution in [0.1, 0.15) is 24.0 Å². The third kappa shape index (κ3) is 3.46. The molecule has 3 atom stereocenters. The zero-order valence-corrected chi connectivity index (χ0v) is 14.6. The molecule has 4 heteroatoms. The second-order valence-corrected chi connectivity index (χ2v) is 7.22. The minimum atomic E-state index is -0.269. The highest BCUT2D eigenvalue weighted by Crippen LogP contribution is 2.28. The SMILES string of the molecule is Cc1c(CN[C@@H]2CC(Cn3ccnc3)C[C@H]2O)ccc2ccccc12. The van der Waals surface area contributed by atoms with Gasteiger partial charge in [-0.05, 0) is 47.6 Å². The first kappa shape index (κ1) is 16.3. The molecule has 1 fully saturated rings. The third-order valence-electron chi connectivity index (χ3n) is 5.52. The van der Waals surface area contributed by atoms with Crippen LogP contribution >= 0.6 is 0 Å². The lowest BCUT2D eigenvalue weighted by Gasteiger charge is -2.18. The monoisotopic (exact) mass is 335 g/mol. The fourth-order valence-corrected chi connectivity index (χ4v) is 4.08. The van der Waals surface area contributed by atoms with Crippen LogP contribution in [-0.4, -0.2) is 26.8 Å². The average molecular weight is 335 g/mol. The summed E-state index contributed by atoms with van der Waals surface area (Å²) in [5, 5.41) is 16.6. The van der Waals surface area contributed by atoms with Crippen molar-refractivity contribution in [2.45, 2.75) is 45.0 Å². The van der Waals surface area contributed by atoms with E-state index in [0.717, 1.165) is 25.9 Å². The molecule has 0 bridgehead atoms. The zero-order chi connectivity index (χ0) is 17.2. The normalized spacial score (nSPS) is 23.4. The second-order valence-electron chi connectivity index (χ2n) is 7.22. The van der Waals surface area contributed by atoms with Gasteiger partial charge in [-0.1, -0.05) is 36.4 Å². The van der Waals surface area contributed by atoms with E-state index >= 15 is 0 Å². The van der Waals surface area contributed by atoms with Gasteiger partial charge in [-0.3, -0.25) is 0 Å². The molecule has 2 N–H and O–H groups in total. The van der Waals surface area contributed by atoms with Crippen molar-refractivity contribution in [3.05, 3.63) is 66.2 Å². The van der Waals surface area contributed by atoms with Crippen LogP contribution in [0.2, 0.25) is 0 Å². The quantitative estimate of drug-likeness (QED) is 0.752. The minimum Gasteiger partial charge on any atom is -0.391 e. The highest BCUT2D eigenvalue weighted by molar-refractivity contribution is 5.86. The van der Waals surface area contributed by atoms with Crippen molar-refractivity contribution in [3.8, 4) is 0 Å². The van der Waals surface area contributed by atoms with Gasteiger partial charge in [0.25, 0.3) is 0 Å². The van der Waals surface area contributed by atoms with E-state index in [1.165, 1.54) is 21.9 Å². The van der Waals surface area contributed by atoms with Gasteiger partial charge in [0, 0.05) is 31.5 Å². The maximum atomic E-state index is 10.4. The highest BCUT2D eigenvalue weighted by atomic mass is 16.3. The molecule has 1 aliphatic rings. The topological polar surface area (TPSA) is 50.1 Å². The predicted octanol–water partition coefficient (Wildman–Crippen LogP) is 3.27. The van der Waals surface area contributed by atoms with Crippen molar-refractivity contribution in [2.75, 3.05) is 0 Å². The Balaban J connectivity index is 1.40. The largest absolute Gasteiger partial charge is 0.391 e. The molecule has 0 saturated heterocycles. The molecule has 4 nitrogen and oxygen atoms in total. The first-order valence-corrected chi connectivity index (χ1v) is 9.05. The molecule has 130 valence electrons. The van der Waals surface area contributed by atoms with Crippen molar-refractivity contribution < 1.29 is 5.11 Å². The van der Waals surface area contributed by atoms with Crippen LogP contribution in [0.5, 0.6) is 0 Å². The molecule has 3 aromatic rings. The molecular weight excluding hydrogens is 310 g/mol. The number of aliphatic hydroxyl groups excluding tert-OH is 1. The summed E-state index contributed by atoms with van der Waals surface area (Å²) >= 11 is 0. The Kier molecular flexibility index (Phi) is 4.55. The molecule has 0 radical (unpaired) electrons. The van der Waals surface area contributed by atoms with E-state index in [0.29, 0.717) is 5.92 Å². The molecule has 2 aromatic carbocycles. The Morgan fingerprint density at radius 1 is 1.20 bits per heavy atom. The predicted molar refractivity (Wildman–Crippen MR) is 100 cm³/mol. The van der Waals surface area contributed by atoms with E-state index in [9.17, 15) is 5.11 Å². The lowest BCUT2D eigenvalue weighted by Crippen LogP contribution is -2.35. The number of nitrogens with zero attached hydrogens (tertiary/aromatic N) is 2. The molecule has 0 amide bonds. The Hall–Kier alpha value is -2.17. The van der Waals surface area contributed by atoms with Gasteiger partial charge in [-0.2, -0.15) is 0 Å². The number of hydrogen-bond acceptors (Lipinski definition) is 3. The van der Waals surface area contributed by atoms with Crippen LogP contribution in [0.3, 0.4) is 0 Å². The maximum absolute atomic E-state index is 10.4. The van der Waals surface area contributed by atoms with E-state index in [1.807, 2.05) is 18.7 Å². The molecule has 0 spiro atoms. The molecule has 4 rings (SSSR count). The molecule has 1 saturated carbocycles. The number of aryl methyl sites for hydroxylation is 1. The second kappa shape index (κ2) is 6.98. The number of hydrogen-bond donors (Lipinski definition) is 2. The number of aliphatic hydroxyl groups is 1. The molecule has 0 aliphatic heterocycles. The van der Waals surface area contributed by atoms with Crippen LogP contribution < -0.4 is 5.32 Å². The molecule has 1 heterocycles. The summed E-state index contributed by atoms with van der Waals surface area (Å²) in [5.74, 6) is 0.499. The summed E-state index contributed by atoms with van der Waals surface area (Å²) < 4.78 is 2.10. The van der Waals surface area contributed by atoms with Crippen molar-refractivity contribution in [1.82, 2.24) is 14.9 Å². The van der Waals surface area contributed by atoms with Crippen molar-refractivity contribution in [3.63, 3.8) is 0 Å². The van der Waals surface area contributed by atoms with Crippen LogP contribution in [-0.2, 0) is 13.1 Å². The van der Waals surface area contributed by atoms with Gasteiger partial charge in [0.15, 0.2) is 0 Å². The molecule has 1 unspecified atom stereocenters. The van der Waals surface area contributed by atoms with Gasteiger partial charge in [-0.15, -0.1) is 0 Å². The molecular formula is C21H25N3O. The average Bonchev–Trinajstić information content (AvgIpc) is 3.25. The Labute approximate surface area is 148 Å². The van der Waals surface area contributed by atoms with Crippen molar-refractivity contribution >= 4 is 10.8 Å². The van der Waals surface area contributed by atoms with E-state index in [4.69, 9.17) is 0 Å². The van der Waals surface area contributed by atoms with E-state index < -0.39 is 0 Å². The fourth-order valence-electron chi connectivity index (χ4n) is 4.08. The van der Waals surface area contributed by atoms with Crippen LogP contribution in [0.4, 0.5) is 0 Å². The van der Waals surface area contributed by atoms with Gasteiger partial charge < -0.3 is 15.0 Å². The van der Waals surface area contributed by atoms with Gasteiger partial charge >= 0.3 is 0 Å². The van der Waals surface area contributed by atoms with Crippen molar-refractivity contribution in [2.24, 2.45) is 5.92 Å². The molecule has 25 heavy (non-hydrogen) atoms. The highest BCUT2D eigenvalue weighted by Gasteiger charge is 2.32. The van der Waals surface area contributed by atoms with Gasteiger partial charge in [-0.25, -0.2) is 4.98 Å². The first-order valence-electron chi connectivity index (χ1n) is 9.05. The van der Waals surface area contributed by atoms with Gasteiger partial charge in [0.1, 0.15) is 0 Å². The van der Waals surface area contributed by atoms with Crippen molar-refractivity contribution in [1.29, 1.82) is 0 Å². The Morgan fingerprint density at radius 2 is 2.08 bits per heavy atom. The lowest BCUT2D eigenvalue weighted by molar-refractivity contribution is 0.145. The number of benzene rings is 2. The summed E-state index contributed by atoms with van der Waals surface area (Å²) in [6.07, 6.45) is 7.24. The standard InChI is InChI=1S/C21H25N3O/c1-15-18(7-6-17-4-2-3-5-19(15)17)12-23-20-10-16(11-21(20)25)13-24-9-8-22-14-24/h2-9,14,16,20-21,23,25H,10-13H2,1H3/t16?,20-,21-/m1/s1. The lowest BCUT2D eigenvalue weighted by atomic mass is 10.00. The van der Waals surface area contributed by atoms with E-state index in [-0.39, 0.29) is 12.1 Å². The maximum Gasteiger partial charge on any atom is 0.0945 e. The smallest absolute Gasteiger partial charge is 0.0945 e. The summed E-state index contributed by atoms with van der Waals surface area (Å²) in [6.45, 7) is 3.92. The first-order chi connectivity index (χ1) is 12.2. The summed E-state index contributed by atoms with van der Waals surface area (Å²) in [5.41, 5.74) is 2.64. The zero-order valence-electron chi connectivity index (χ0n) is 14.6. The van der Waals surface area contributed by atoms with Gasteiger partial charge in [0.2, 0.25) is 0 Å². The van der Waals surface area contributed by atoms with E-state index in [2.05, 4.69) is 58.2 Å². The van der Waals surface area contributed by atoms with Crippen LogP contribution in [0.25, 0.3) is 10.8 Å². The summed E-state index contributed by atoms with van der Waals surface area (Å²) in [6, 6.07) is 13.1. The minimum absolute atomic E-state index is 0.166. The Morgan fingerprint density at radius 3 is 2.92 bits per heavy atom. The fraction of sp³-hybridized carbons (Fsp3) is 0.381. The van der Waals surface area contributed by atoms with E-state index in [1.54, 1.807) is 0 Å². The Bertz CT molecular complexity index is 843. The molecule has 1 aliphatic carbocycles. The summed E-state index contributed by atoms with van der Waals surface area (Å²) in [7, 11) is 0. The summed E-state index contributed by atoms with van der Waals surface area (Å²) in [4.78, 5) is 4.10. The van der Waals surface area contributed by atoms with Crippen LogP contribution in [0, 0.1) is 12.8 Å².